The summed E-state index contributed by atoms with van der Waals surface area (Å²) in [4.78, 5) is 10.4. The Morgan fingerprint density at radius 2 is 1.35 bits per heavy atom. The molecule has 8 heteroatoms. The number of rotatable bonds is 3. The van der Waals surface area contributed by atoms with E-state index in [-0.39, 0.29) is 0 Å². The Hall–Kier alpha value is -0.920. The van der Waals surface area contributed by atoms with Crippen LogP contribution in [-0.2, 0) is 4.79 Å². The van der Waals surface area contributed by atoms with Gasteiger partial charge in [-0.2, -0.15) is 0 Å². The van der Waals surface area contributed by atoms with Crippen LogP contribution in [-0.4, -0.2) is 48.0 Å². The van der Waals surface area contributed by atoms with Gasteiger partial charge in [0.2, 0.25) is 0 Å². The van der Waals surface area contributed by atoms with Gasteiger partial charge in [0.05, 0.1) is 0 Å². The predicted octanol–water partition coefficient (Wildman–Crippen LogP) is 1.11. The summed E-state index contributed by atoms with van der Waals surface area (Å²) in [5.41, 5.74) is 5.03. The molecule has 0 aliphatic heterocycles. The highest BCUT2D eigenvalue weighted by atomic mass is 19.2. The molecular weight excluding hydrogens is 249 g/mol. The van der Waals surface area contributed by atoms with Gasteiger partial charge in [0, 0.05) is 5.92 Å². The molecule has 1 aliphatic rings. The van der Waals surface area contributed by atoms with Gasteiger partial charge in [-0.05, 0) is 6.42 Å². The van der Waals surface area contributed by atoms with Gasteiger partial charge in [0.1, 0.15) is 18.4 Å². The minimum atomic E-state index is -2.88. The van der Waals surface area contributed by atoms with Crippen LogP contribution in [0.25, 0.3) is 0 Å². The fraction of sp³-hybridized carbons (Fsp3) is 0.889. The number of carboxylic acid groups (broad SMARTS) is 1. The zero-order valence-electron chi connectivity index (χ0n) is 8.57. The van der Waals surface area contributed by atoms with Crippen LogP contribution >= 0.6 is 0 Å². The summed E-state index contributed by atoms with van der Waals surface area (Å²) < 4.78 is 65.2. The van der Waals surface area contributed by atoms with Gasteiger partial charge in [0.25, 0.3) is 0 Å². The largest absolute Gasteiger partial charge is 0.480 e. The summed E-state index contributed by atoms with van der Waals surface area (Å²) in [5, 5.41) is 8.44. The Bertz CT molecular complexity index is 277. The molecule has 1 aliphatic carbocycles. The molecular formula is C9H12F5NO2. The Kier molecular flexibility index (Phi) is 4.29. The molecule has 17 heavy (non-hydrogen) atoms. The lowest BCUT2D eigenvalue weighted by atomic mass is 9.79. The van der Waals surface area contributed by atoms with E-state index in [0.29, 0.717) is 0 Å². The third-order valence-corrected chi connectivity index (χ3v) is 2.88. The first-order chi connectivity index (χ1) is 7.77. The van der Waals surface area contributed by atoms with Crippen LogP contribution in [0.15, 0.2) is 0 Å². The van der Waals surface area contributed by atoms with Crippen molar-refractivity contribution in [3.05, 3.63) is 0 Å². The van der Waals surface area contributed by atoms with Crippen LogP contribution in [0, 0.1) is 5.92 Å². The van der Waals surface area contributed by atoms with Crippen molar-refractivity contribution in [2.24, 2.45) is 11.7 Å². The van der Waals surface area contributed by atoms with E-state index in [0.717, 1.165) is 0 Å². The summed E-state index contributed by atoms with van der Waals surface area (Å²) in [6, 6.07) is -1.65. The molecule has 5 atom stereocenters. The summed E-state index contributed by atoms with van der Waals surface area (Å²) in [6.45, 7) is 0. The highest BCUT2D eigenvalue weighted by Gasteiger charge is 2.53. The molecule has 3 N–H and O–H groups in total. The van der Waals surface area contributed by atoms with Gasteiger partial charge in [-0.15, -0.1) is 0 Å². The Morgan fingerprint density at radius 3 is 1.71 bits per heavy atom. The molecule has 0 aromatic heterocycles. The molecule has 1 rings (SSSR count). The fourth-order valence-corrected chi connectivity index (χ4v) is 1.83. The third-order valence-electron chi connectivity index (χ3n) is 2.88. The SMILES string of the molecule is N[C@@H](CC1C(F)C(F)C(F)C(F)C1F)C(=O)O. The number of nitrogens with two attached hydrogens (primary N) is 1. The average molecular weight is 261 g/mol. The maximum atomic E-state index is 13.3. The Labute approximate surface area is 93.8 Å². The number of alkyl halides is 5. The molecule has 1 fully saturated rings. The smallest absolute Gasteiger partial charge is 0.320 e. The maximum absolute atomic E-state index is 13.3. The lowest BCUT2D eigenvalue weighted by molar-refractivity contribution is -0.140. The first kappa shape index (κ1) is 14.1. The van der Waals surface area contributed by atoms with Crippen LogP contribution in [0.2, 0.25) is 0 Å². The summed E-state index contributed by atoms with van der Waals surface area (Å²) in [6.07, 6.45) is -14.5. The third kappa shape index (κ3) is 2.67. The van der Waals surface area contributed by atoms with E-state index < -0.39 is 55.2 Å². The monoisotopic (exact) mass is 261 g/mol. The normalized spacial score (nSPS) is 44.4. The van der Waals surface area contributed by atoms with Crippen molar-refractivity contribution in [1.82, 2.24) is 0 Å². The van der Waals surface area contributed by atoms with E-state index in [9.17, 15) is 26.7 Å². The fourth-order valence-electron chi connectivity index (χ4n) is 1.83. The van der Waals surface area contributed by atoms with Gasteiger partial charge in [-0.3, -0.25) is 4.79 Å². The van der Waals surface area contributed by atoms with Crippen molar-refractivity contribution in [2.45, 2.75) is 43.3 Å². The number of carbonyl (C=O) groups is 1. The quantitative estimate of drug-likeness (QED) is 0.748. The van der Waals surface area contributed by atoms with Gasteiger partial charge in [0.15, 0.2) is 18.5 Å². The van der Waals surface area contributed by atoms with Crippen LogP contribution in [0.1, 0.15) is 6.42 Å². The van der Waals surface area contributed by atoms with Crippen LogP contribution in [0.5, 0.6) is 0 Å². The first-order valence-corrected chi connectivity index (χ1v) is 4.96. The Morgan fingerprint density at radius 1 is 1.00 bits per heavy atom. The molecule has 0 aromatic carbocycles. The summed E-state index contributed by atoms with van der Waals surface area (Å²) in [7, 11) is 0. The van der Waals surface area contributed by atoms with Crippen LogP contribution in [0.4, 0.5) is 22.0 Å². The predicted molar refractivity (Wildman–Crippen MR) is 48.2 cm³/mol. The zero-order valence-corrected chi connectivity index (χ0v) is 8.57. The van der Waals surface area contributed by atoms with Crippen molar-refractivity contribution in [3.63, 3.8) is 0 Å². The van der Waals surface area contributed by atoms with Gasteiger partial charge < -0.3 is 10.8 Å². The molecule has 0 amide bonds. The van der Waals surface area contributed by atoms with E-state index in [2.05, 4.69) is 0 Å². The van der Waals surface area contributed by atoms with E-state index in [1.165, 1.54) is 0 Å². The van der Waals surface area contributed by atoms with Gasteiger partial charge in [-0.1, -0.05) is 0 Å². The molecule has 0 saturated heterocycles. The molecule has 1 saturated carbocycles. The van der Waals surface area contributed by atoms with Gasteiger partial charge in [-0.25, -0.2) is 22.0 Å². The van der Waals surface area contributed by atoms with E-state index in [4.69, 9.17) is 10.8 Å². The number of carboxylic acids is 1. The second kappa shape index (κ2) is 5.16. The molecule has 0 heterocycles. The zero-order chi connectivity index (χ0) is 13.3. The number of aliphatic carboxylic acids is 1. The van der Waals surface area contributed by atoms with Gasteiger partial charge >= 0.3 is 5.97 Å². The number of hydrogen-bond acceptors (Lipinski definition) is 2. The number of hydrogen-bond donors (Lipinski definition) is 2. The van der Waals surface area contributed by atoms with Crippen molar-refractivity contribution < 1.29 is 31.9 Å². The van der Waals surface area contributed by atoms with Crippen LogP contribution < -0.4 is 5.73 Å². The van der Waals surface area contributed by atoms with Crippen molar-refractivity contribution >= 4 is 5.97 Å². The topological polar surface area (TPSA) is 63.3 Å². The highest BCUT2D eigenvalue weighted by molar-refractivity contribution is 5.73. The lowest BCUT2D eigenvalue weighted by Gasteiger charge is -2.36. The second-order valence-electron chi connectivity index (χ2n) is 4.07. The van der Waals surface area contributed by atoms with E-state index in [1.54, 1.807) is 0 Å². The minimum Gasteiger partial charge on any atom is -0.480 e. The van der Waals surface area contributed by atoms with Crippen molar-refractivity contribution in [3.8, 4) is 0 Å². The maximum Gasteiger partial charge on any atom is 0.320 e. The van der Waals surface area contributed by atoms with Crippen molar-refractivity contribution in [1.29, 1.82) is 0 Å². The molecule has 100 valence electrons. The summed E-state index contributed by atoms with van der Waals surface area (Å²) in [5.74, 6) is -3.43. The molecule has 0 aromatic rings. The Balaban J connectivity index is 2.79. The molecule has 4 unspecified atom stereocenters. The lowest BCUT2D eigenvalue weighted by Crippen LogP contribution is -2.55. The van der Waals surface area contributed by atoms with E-state index >= 15 is 0 Å². The molecule has 0 spiro atoms. The molecule has 0 radical (unpaired) electrons. The molecule has 3 nitrogen and oxygen atoms in total. The number of halogens is 5. The average Bonchev–Trinajstić information content (AvgIpc) is 2.29. The molecule has 0 bridgehead atoms. The van der Waals surface area contributed by atoms with Crippen LogP contribution in [0.3, 0.4) is 0 Å². The van der Waals surface area contributed by atoms with E-state index in [1.807, 2.05) is 0 Å². The second-order valence-corrected chi connectivity index (χ2v) is 4.07. The highest BCUT2D eigenvalue weighted by Crippen LogP contribution is 2.37. The van der Waals surface area contributed by atoms with Crippen molar-refractivity contribution in [2.75, 3.05) is 0 Å². The minimum absolute atomic E-state index is 0.786. The standard InChI is InChI=1S/C9H12F5NO2/c10-4-2(1-3(15)9(16)17)5(11)7(13)8(14)6(4)12/h2-8H,1,15H2,(H,16,17)/t2?,3-,4?,5?,6?,7?,8?/m0/s1. The first-order valence-electron chi connectivity index (χ1n) is 4.96. The summed E-state index contributed by atoms with van der Waals surface area (Å²) >= 11 is 0.